The third-order valence-corrected chi connectivity index (χ3v) is 6.19. The standard InChI is InChI=1S/C20H17BrN2O6/c1-20(19(28)29)15-14(16(22-20)12-7-6-11(24)8-13(12)25)17(26)23(18(15)27)10-4-2-9(21)3-5-10/h2-8,14-16,22,24-25H,1H3,(H,28,29)/t14-,15+,16+,20-/m0/s1. The number of halogens is 1. The summed E-state index contributed by atoms with van der Waals surface area (Å²) in [6.07, 6.45) is 0. The highest BCUT2D eigenvalue weighted by Gasteiger charge is 2.67. The number of benzene rings is 2. The van der Waals surface area contributed by atoms with E-state index in [0.29, 0.717) is 5.69 Å². The number of carbonyl (C=O) groups excluding carboxylic acids is 2. The van der Waals surface area contributed by atoms with E-state index in [0.717, 1.165) is 15.4 Å². The Morgan fingerprint density at radius 3 is 2.34 bits per heavy atom. The van der Waals surface area contributed by atoms with Gasteiger partial charge in [0, 0.05) is 22.1 Å². The summed E-state index contributed by atoms with van der Waals surface area (Å²) >= 11 is 3.30. The molecule has 2 amide bonds. The van der Waals surface area contributed by atoms with Crippen LogP contribution < -0.4 is 10.2 Å². The molecule has 0 bridgehead atoms. The van der Waals surface area contributed by atoms with Crippen LogP contribution in [0.5, 0.6) is 11.5 Å². The number of phenolic OH excluding ortho intramolecular Hbond substituents is 2. The average molecular weight is 461 g/mol. The van der Waals surface area contributed by atoms with Crippen molar-refractivity contribution in [2.45, 2.75) is 18.5 Å². The Labute approximate surface area is 173 Å². The van der Waals surface area contributed by atoms with Crippen LogP contribution in [0, 0.1) is 11.8 Å². The molecule has 4 N–H and O–H groups in total. The summed E-state index contributed by atoms with van der Waals surface area (Å²) < 4.78 is 0.768. The normalized spacial score (nSPS) is 28.6. The number of amides is 2. The zero-order valence-corrected chi connectivity index (χ0v) is 16.8. The maximum atomic E-state index is 13.3. The van der Waals surface area contributed by atoms with Crippen LogP contribution in [0.2, 0.25) is 0 Å². The van der Waals surface area contributed by atoms with Crippen molar-refractivity contribution in [1.29, 1.82) is 0 Å². The smallest absolute Gasteiger partial charge is 0.324 e. The summed E-state index contributed by atoms with van der Waals surface area (Å²) in [5, 5.41) is 32.6. The molecule has 2 heterocycles. The van der Waals surface area contributed by atoms with Gasteiger partial charge in [-0.3, -0.25) is 19.7 Å². The lowest BCUT2D eigenvalue weighted by Crippen LogP contribution is -2.53. The van der Waals surface area contributed by atoms with Crippen LogP contribution >= 0.6 is 15.9 Å². The van der Waals surface area contributed by atoms with Crippen molar-refractivity contribution < 1.29 is 29.7 Å². The van der Waals surface area contributed by atoms with Gasteiger partial charge in [-0.1, -0.05) is 22.0 Å². The highest BCUT2D eigenvalue weighted by molar-refractivity contribution is 9.10. The Balaban J connectivity index is 1.84. The van der Waals surface area contributed by atoms with Gasteiger partial charge in [0.2, 0.25) is 11.8 Å². The first-order chi connectivity index (χ1) is 13.6. The van der Waals surface area contributed by atoms with Crippen LogP contribution in [0.25, 0.3) is 0 Å². The van der Waals surface area contributed by atoms with Gasteiger partial charge in [-0.2, -0.15) is 0 Å². The molecule has 2 aliphatic rings. The molecule has 0 aromatic heterocycles. The van der Waals surface area contributed by atoms with Gasteiger partial charge in [0.15, 0.2) is 0 Å². The molecule has 0 radical (unpaired) electrons. The molecule has 0 aliphatic carbocycles. The fourth-order valence-electron chi connectivity index (χ4n) is 4.24. The van der Waals surface area contributed by atoms with Crippen LogP contribution in [0.15, 0.2) is 46.9 Å². The van der Waals surface area contributed by atoms with Crippen molar-refractivity contribution in [2.75, 3.05) is 4.90 Å². The molecule has 2 saturated heterocycles. The minimum atomic E-state index is -1.71. The highest BCUT2D eigenvalue weighted by Crippen LogP contribution is 2.51. The van der Waals surface area contributed by atoms with Crippen molar-refractivity contribution in [3.05, 3.63) is 52.5 Å². The lowest BCUT2D eigenvalue weighted by Gasteiger charge is -2.27. The van der Waals surface area contributed by atoms with Crippen molar-refractivity contribution in [1.82, 2.24) is 5.32 Å². The van der Waals surface area contributed by atoms with Crippen LogP contribution in [-0.2, 0) is 14.4 Å². The summed E-state index contributed by atoms with van der Waals surface area (Å²) in [6.45, 7) is 1.36. The lowest BCUT2D eigenvalue weighted by molar-refractivity contribution is -0.147. The first-order valence-corrected chi connectivity index (χ1v) is 9.61. The van der Waals surface area contributed by atoms with E-state index in [9.17, 15) is 29.7 Å². The quantitative estimate of drug-likeness (QED) is 0.516. The van der Waals surface area contributed by atoms with Crippen LogP contribution in [0.1, 0.15) is 18.5 Å². The Kier molecular flexibility index (Phi) is 4.39. The van der Waals surface area contributed by atoms with Crippen molar-refractivity contribution in [2.24, 2.45) is 11.8 Å². The molecular formula is C20H17BrN2O6. The van der Waals surface area contributed by atoms with Gasteiger partial charge in [0.1, 0.15) is 17.0 Å². The first-order valence-electron chi connectivity index (χ1n) is 8.81. The summed E-state index contributed by atoms with van der Waals surface area (Å²) in [6, 6.07) is 9.49. The summed E-state index contributed by atoms with van der Waals surface area (Å²) in [7, 11) is 0. The molecule has 150 valence electrons. The number of anilines is 1. The highest BCUT2D eigenvalue weighted by atomic mass is 79.9. The Morgan fingerprint density at radius 1 is 1.10 bits per heavy atom. The number of aliphatic carboxylic acids is 1. The number of rotatable bonds is 3. The number of nitrogens with zero attached hydrogens (tertiary/aromatic N) is 1. The van der Waals surface area contributed by atoms with Gasteiger partial charge in [0.05, 0.1) is 17.5 Å². The van der Waals surface area contributed by atoms with Crippen molar-refractivity contribution in [3.63, 3.8) is 0 Å². The minimum Gasteiger partial charge on any atom is -0.508 e. The monoisotopic (exact) mass is 460 g/mol. The van der Waals surface area contributed by atoms with E-state index in [4.69, 9.17) is 0 Å². The molecule has 8 nitrogen and oxygen atoms in total. The molecule has 4 atom stereocenters. The fourth-order valence-corrected chi connectivity index (χ4v) is 4.51. The maximum absolute atomic E-state index is 13.3. The van der Waals surface area contributed by atoms with Crippen LogP contribution in [-0.4, -0.2) is 38.6 Å². The Morgan fingerprint density at radius 2 is 1.76 bits per heavy atom. The molecule has 2 fully saturated rings. The summed E-state index contributed by atoms with van der Waals surface area (Å²) in [5.41, 5.74) is -1.13. The molecule has 2 aromatic rings. The third kappa shape index (κ3) is 2.80. The molecule has 4 rings (SSSR count). The van der Waals surface area contributed by atoms with Gasteiger partial charge in [-0.25, -0.2) is 4.90 Å². The molecule has 2 aromatic carbocycles. The third-order valence-electron chi connectivity index (χ3n) is 5.67. The first kappa shape index (κ1) is 19.4. The van der Waals surface area contributed by atoms with E-state index < -0.39 is 41.2 Å². The zero-order valence-electron chi connectivity index (χ0n) is 15.2. The SMILES string of the molecule is C[C@]1(C(=O)O)N[C@H](c2ccc(O)cc2O)[C@H]2C(=O)N(c3ccc(Br)cc3)C(=O)[C@@H]21. The van der Waals surface area contributed by atoms with Gasteiger partial charge in [0.25, 0.3) is 0 Å². The largest absolute Gasteiger partial charge is 0.508 e. The number of carboxylic acid groups (broad SMARTS) is 1. The number of carbonyl (C=O) groups is 3. The summed E-state index contributed by atoms with van der Waals surface area (Å²) in [4.78, 5) is 39.6. The number of fused-ring (bicyclic) bond motifs is 1. The van der Waals surface area contributed by atoms with Crippen LogP contribution in [0.3, 0.4) is 0 Å². The van der Waals surface area contributed by atoms with E-state index in [1.54, 1.807) is 24.3 Å². The molecule has 9 heteroatoms. The number of aromatic hydroxyl groups is 2. The number of phenols is 2. The minimum absolute atomic E-state index is 0.174. The molecule has 2 aliphatic heterocycles. The van der Waals surface area contributed by atoms with Gasteiger partial charge in [-0.15, -0.1) is 0 Å². The van der Waals surface area contributed by atoms with E-state index in [1.165, 1.54) is 19.1 Å². The molecule has 0 spiro atoms. The number of imide groups is 1. The lowest BCUT2D eigenvalue weighted by atomic mass is 9.80. The van der Waals surface area contributed by atoms with Crippen molar-refractivity contribution in [3.8, 4) is 11.5 Å². The predicted octanol–water partition coefficient (Wildman–Crippen LogP) is 2.15. The molecule has 0 saturated carbocycles. The second kappa shape index (κ2) is 6.57. The topological polar surface area (TPSA) is 127 Å². The van der Waals surface area contributed by atoms with Gasteiger partial charge in [-0.05, 0) is 37.3 Å². The number of hydrogen-bond donors (Lipinski definition) is 4. The molecular weight excluding hydrogens is 444 g/mol. The Hall–Kier alpha value is -2.91. The second-order valence-electron chi connectivity index (χ2n) is 7.36. The van der Waals surface area contributed by atoms with Gasteiger partial charge < -0.3 is 15.3 Å². The second-order valence-corrected chi connectivity index (χ2v) is 8.28. The van der Waals surface area contributed by atoms with E-state index in [1.807, 2.05) is 0 Å². The van der Waals surface area contributed by atoms with Crippen molar-refractivity contribution >= 4 is 39.4 Å². The Bertz CT molecular complexity index is 1040. The predicted molar refractivity (Wildman–Crippen MR) is 105 cm³/mol. The zero-order chi connectivity index (χ0) is 21.1. The number of hydrogen-bond acceptors (Lipinski definition) is 6. The molecule has 29 heavy (non-hydrogen) atoms. The average Bonchev–Trinajstić information content (AvgIpc) is 3.11. The van der Waals surface area contributed by atoms with E-state index in [2.05, 4.69) is 21.2 Å². The van der Waals surface area contributed by atoms with E-state index >= 15 is 0 Å². The fraction of sp³-hybridized carbons (Fsp3) is 0.250. The van der Waals surface area contributed by atoms with E-state index in [-0.39, 0.29) is 17.1 Å². The van der Waals surface area contributed by atoms with Crippen LogP contribution in [0.4, 0.5) is 5.69 Å². The number of carboxylic acids is 1. The van der Waals surface area contributed by atoms with Gasteiger partial charge >= 0.3 is 5.97 Å². The molecule has 0 unspecified atom stereocenters. The maximum Gasteiger partial charge on any atom is 0.324 e. The number of nitrogens with one attached hydrogen (secondary N) is 1. The summed E-state index contributed by atoms with van der Waals surface area (Å²) in [5.74, 6) is -5.08.